The molecule has 1 N–H and O–H groups in total. The van der Waals surface area contributed by atoms with Crippen LogP contribution in [0.1, 0.15) is 33.5 Å². The smallest absolute Gasteiger partial charge is 0.263 e. The molecule has 2 aromatic rings. The predicted octanol–water partition coefficient (Wildman–Crippen LogP) is 1.68. The van der Waals surface area contributed by atoms with E-state index in [0.717, 1.165) is 10.7 Å². The number of hydrogen-bond acceptors (Lipinski definition) is 6. The number of carbonyl (C=O) groups is 1. The van der Waals surface area contributed by atoms with Gasteiger partial charge < -0.3 is 9.30 Å². The molecule has 0 saturated heterocycles. The Bertz CT molecular complexity index is 767. The van der Waals surface area contributed by atoms with Gasteiger partial charge >= 0.3 is 0 Å². The molecule has 0 radical (unpaired) electrons. The maximum absolute atomic E-state index is 12.4. The maximum Gasteiger partial charge on any atom is 0.263 e. The summed E-state index contributed by atoms with van der Waals surface area (Å²) >= 11 is 1.28. The van der Waals surface area contributed by atoms with E-state index in [1.54, 1.807) is 14.0 Å². The first-order chi connectivity index (χ1) is 10.9. The lowest BCUT2D eigenvalue weighted by molar-refractivity contribution is 0.102. The number of rotatable bonds is 6. The minimum Gasteiger partial charge on any atom is -0.381 e. The Morgan fingerprint density at radius 1 is 1.39 bits per heavy atom. The van der Waals surface area contributed by atoms with Crippen LogP contribution >= 0.6 is 11.3 Å². The van der Waals surface area contributed by atoms with Crippen molar-refractivity contribution in [1.29, 1.82) is 0 Å². The number of ether oxygens (including phenoxy) is 1. The van der Waals surface area contributed by atoms with Gasteiger partial charge in [0.1, 0.15) is 10.6 Å². The van der Waals surface area contributed by atoms with Gasteiger partial charge in [0.15, 0.2) is 0 Å². The van der Waals surface area contributed by atoms with E-state index in [0.29, 0.717) is 30.3 Å². The Morgan fingerprint density at radius 3 is 2.83 bits per heavy atom. The summed E-state index contributed by atoms with van der Waals surface area (Å²) in [4.78, 5) is 24.7. The van der Waals surface area contributed by atoms with E-state index in [2.05, 4.69) is 15.5 Å². The van der Waals surface area contributed by atoms with Crippen LogP contribution in [0.2, 0.25) is 0 Å². The van der Waals surface area contributed by atoms with Crippen LogP contribution in [-0.4, -0.2) is 33.9 Å². The lowest BCUT2D eigenvalue weighted by Crippen LogP contribution is -2.30. The molecule has 0 aliphatic carbocycles. The highest BCUT2D eigenvalue weighted by Gasteiger charge is 2.18. The average Bonchev–Trinajstić information content (AvgIpc) is 2.92. The topological polar surface area (TPSA) is 86.1 Å². The number of aromatic nitrogens is 3. The number of nitrogens with one attached hydrogen (secondary N) is 1. The van der Waals surface area contributed by atoms with Crippen LogP contribution in [0, 0.1) is 13.8 Å². The summed E-state index contributed by atoms with van der Waals surface area (Å²) in [6.45, 7) is 6.72. The maximum atomic E-state index is 12.4. The van der Waals surface area contributed by atoms with Crippen molar-refractivity contribution in [3.63, 3.8) is 0 Å². The summed E-state index contributed by atoms with van der Waals surface area (Å²) in [5.74, 6) is -0.462. The molecule has 1 amide bonds. The molecule has 0 unspecified atom stereocenters. The monoisotopic (exact) mass is 336 g/mol. The highest BCUT2D eigenvalue weighted by molar-refractivity contribution is 7.15. The first-order valence-electron chi connectivity index (χ1n) is 7.32. The molecule has 124 valence electrons. The van der Waals surface area contributed by atoms with Gasteiger partial charge in [0.05, 0.1) is 6.61 Å². The third kappa shape index (κ3) is 4.02. The van der Waals surface area contributed by atoms with Crippen molar-refractivity contribution in [1.82, 2.24) is 14.8 Å². The molecule has 8 heteroatoms. The van der Waals surface area contributed by atoms with E-state index < -0.39 is 5.91 Å². The second-order valence-corrected chi connectivity index (χ2v) is 6.17. The van der Waals surface area contributed by atoms with Gasteiger partial charge in [-0.2, -0.15) is 0 Å². The van der Waals surface area contributed by atoms with Gasteiger partial charge in [0.25, 0.3) is 11.5 Å². The van der Waals surface area contributed by atoms with E-state index >= 15 is 0 Å². The molecule has 2 aromatic heterocycles. The lowest BCUT2D eigenvalue weighted by Gasteiger charge is -2.09. The lowest BCUT2D eigenvalue weighted by atomic mass is 10.1. The third-order valence-corrected chi connectivity index (χ3v) is 4.34. The quantitative estimate of drug-likeness (QED) is 0.811. The van der Waals surface area contributed by atoms with Gasteiger partial charge in [-0.1, -0.05) is 11.3 Å². The van der Waals surface area contributed by atoms with Crippen LogP contribution in [0.15, 0.2) is 10.9 Å². The first kappa shape index (κ1) is 17.3. The van der Waals surface area contributed by atoms with Crippen molar-refractivity contribution in [3.05, 3.63) is 38.2 Å². The minimum atomic E-state index is -0.462. The van der Waals surface area contributed by atoms with Crippen molar-refractivity contribution < 1.29 is 9.53 Å². The fraction of sp³-hybridized carbons (Fsp3) is 0.467. The fourth-order valence-corrected chi connectivity index (χ4v) is 2.84. The summed E-state index contributed by atoms with van der Waals surface area (Å²) in [6.07, 6.45) is 0.646. The van der Waals surface area contributed by atoms with E-state index in [-0.39, 0.29) is 11.1 Å². The normalized spacial score (nSPS) is 10.8. The molecule has 0 aliphatic heterocycles. The summed E-state index contributed by atoms with van der Waals surface area (Å²) < 4.78 is 6.71. The van der Waals surface area contributed by atoms with Crippen LogP contribution in [0.5, 0.6) is 0 Å². The molecule has 2 rings (SSSR count). The van der Waals surface area contributed by atoms with Crippen molar-refractivity contribution in [3.8, 4) is 0 Å². The van der Waals surface area contributed by atoms with Gasteiger partial charge in [0.2, 0.25) is 5.13 Å². The SMILES string of the molecule is CCOCCc1nnc(NC(=O)c2c(C)cc(C)n(C)c2=O)s1. The van der Waals surface area contributed by atoms with E-state index in [1.165, 1.54) is 15.9 Å². The largest absolute Gasteiger partial charge is 0.381 e. The zero-order valence-corrected chi connectivity index (χ0v) is 14.5. The number of carbonyl (C=O) groups excluding carboxylic acids is 1. The highest BCUT2D eigenvalue weighted by atomic mass is 32.1. The zero-order valence-electron chi connectivity index (χ0n) is 13.7. The first-order valence-corrected chi connectivity index (χ1v) is 8.14. The van der Waals surface area contributed by atoms with Crippen LogP contribution in [0.25, 0.3) is 0 Å². The fourth-order valence-electron chi connectivity index (χ4n) is 2.12. The van der Waals surface area contributed by atoms with E-state index in [9.17, 15) is 9.59 Å². The third-order valence-electron chi connectivity index (χ3n) is 3.45. The molecule has 0 spiro atoms. The molecule has 7 nitrogen and oxygen atoms in total. The van der Waals surface area contributed by atoms with Crippen LogP contribution < -0.4 is 10.9 Å². The van der Waals surface area contributed by atoms with E-state index in [1.807, 2.05) is 19.9 Å². The Kier molecular flexibility index (Phi) is 5.62. The Labute approximate surface area is 138 Å². The van der Waals surface area contributed by atoms with Gasteiger partial charge in [-0.05, 0) is 32.4 Å². The summed E-state index contributed by atoms with van der Waals surface area (Å²) in [5.41, 5.74) is 1.26. The molecular weight excluding hydrogens is 316 g/mol. The molecule has 2 heterocycles. The van der Waals surface area contributed by atoms with Crippen molar-refractivity contribution >= 4 is 22.4 Å². The number of nitrogens with zero attached hydrogens (tertiary/aromatic N) is 3. The van der Waals surface area contributed by atoms with Crippen LogP contribution in [0.3, 0.4) is 0 Å². The van der Waals surface area contributed by atoms with Gasteiger partial charge in [-0.25, -0.2) is 0 Å². The second-order valence-electron chi connectivity index (χ2n) is 5.11. The molecule has 0 aromatic carbocycles. The predicted molar refractivity (Wildman–Crippen MR) is 89.2 cm³/mol. The summed E-state index contributed by atoms with van der Waals surface area (Å²) in [6, 6.07) is 1.81. The number of anilines is 1. The molecule has 0 fully saturated rings. The average molecular weight is 336 g/mol. The molecule has 23 heavy (non-hydrogen) atoms. The molecule has 0 saturated carbocycles. The van der Waals surface area contributed by atoms with Gasteiger partial charge in [-0.15, -0.1) is 10.2 Å². The van der Waals surface area contributed by atoms with Crippen LogP contribution in [0.4, 0.5) is 5.13 Å². The van der Waals surface area contributed by atoms with Crippen molar-refractivity contribution in [2.75, 3.05) is 18.5 Å². The molecule has 0 aliphatic rings. The standard InChI is InChI=1S/C15H20N4O3S/c1-5-22-7-6-11-17-18-15(23-11)16-13(20)12-9(2)8-10(3)19(4)14(12)21/h8H,5-7H2,1-4H3,(H,16,18,20). The minimum absolute atomic E-state index is 0.129. The zero-order chi connectivity index (χ0) is 17.0. The van der Waals surface area contributed by atoms with Crippen LogP contribution in [-0.2, 0) is 18.2 Å². The van der Waals surface area contributed by atoms with E-state index in [4.69, 9.17) is 4.74 Å². The molecular formula is C15H20N4O3S. The Morgan fingerprint density at radius 2 is 2.13 bits per heavy atom. The summed E-state index contributed by atoms with van der Waals surface area (Å²) in [7, 11) is 1.64. The number of amides is 1. The highest BCUT2D eigenvalue weighted by Crippen LogP contribution is 2.17. The van der Waals surface area contributed by atoms with Gasteiger partial charge in [0, 0.05) is 25.8 Å². The number of aryl methyl sites for hydroxylation is 2. The van der Waals surface area contributed by atoms with Crippen molar-refractivity contribution in [2.24, 2.45) is 7.05 Å². The van der Waals surface area contributed by atoms with Crippen molar-refractivity contribution in [2.45, 2.75) is 27.2 Å². The number of hydrogen-bond donors (Lipinski definition) is 1. The molecule has 0 atom stereocenters. The summed E-state index contributed by atoms with van der Waals surface area (Å²) in [5, 5.41) is 11.7. The second kappa shape index (κ2) is 7.47. The Hall–Kier alpha value is -2.06. The Balaban J connectivity index is 2.14. The number of pyridine rings is 1. The van der Waals surface area contributed by atoms with Gasteiger partial charge in [-0.3, -0.25) is 14.9 Å². The molecule has 0 bridgehead atoms.